The lowest BCUT2D eigenvalue weighted by Crippen LogP contribution is -2.25. The molecule has 1 N–H and O–H groups in total. The number of halogens is 1. The largest absolute Gasteiger partial charge is 0.492 e. The first-order valence-electron chi connectivity index (χ1n) is 10.4. The fourth-order valence-electron chi connectivity index (χ4n) is 3.81. The number of nitrogens with zero attached hydrogens (tertiary/aromatic N) is 3. The van der Waals surface area contributed by atoms with Gasteiger partial charge in [-0.1, -0.05) is 5.16 Å². The summed E-state index contributed by atoms with van der Waals surface area (Å²) in [6.45, 7) is 7.35. The number of ether oxygens (including phenoxy) is 1. The number of hydrogen-bond acceptors (Lipinski definition) is 6. The minimum atomic E-state index is -0.515. The number of rotatable bonds is 7. The Morgan fingerprint density at radius 2 is 2.03 bits per heavy atom. The van der Waals surface area contributed by atoms with E-state index >= 15 is 0 Å². The first-order chi connectivity index (χ1) is 15.0. The molecule has 0 unspecified atom stereocenters. The van der Waals surface area contributed by atoms with Gasteiger partial charge in [-0.3, -0.25) is 14.7 Å². The molecule has 1 aliphatic rings. The van der Waals surface area contributed by atoms with E-state index in [-0.39, 0.29) is 5.69 Å². The molecule has 3 heterocycles. The van der Waals surface area contributed by atoms with Crippen LogP contribution in [0.3, 0.4) is 0 Å². The molecule has 7 nitrogen and oxygen atoms in total. The fourth-order valence-corrected chi connectivity index (χ4v) is 3.81. The number of likely N-dealkylation sites (tertiary alicyclic amines) is 1. The maximum Gasteiger partial charge on any atom is 0.274 e. The van der Waals surface area contributed by atoms with E-state index < -0.39 is 11.7 Å². The highest BCUT2D eigenvalue weighted by Crippen LogP contribution is 2.36. The van der Waals surface area contributed by atoms with Crippen molar-refractivity contribution in [3.63, 3.8) is 0 Å². The topological polar surface area (TPSA) is 80.5 Å². The molecule has 4 rings (SSSR count). The predicted molar refractivity (Wildman–Crippen MR) is 115 cm³/mol. The number of aryl methyl sites for hydroxylation is 2. The van der Waals surface area contributed by atoms with Gasteiger partial charge in [-0.05, 0) is 64.0 Å². The highest BCUT2D eigenvalue weighted by Gasteiger charge is 2.19. The number of pyridine rings is 1. The summed E-state index contributed by atoms with van der Waals surface area (Å²) in [5.41, 5.74) is 2.89. The highest BCUT2D eigenvalue weighted by atomic mass is 19.1. The Hall–Kier alpha value is -3.26. The summed E-state index contributed by atoms with van der Waals surface area (Å²) >= 11 is 0. The van der Waals surface area contributed by atoms with Crippen molar-refractivity contribution in [3.05, 3.63) is 59.5 Å². The molecule has 1 fully saturated rings. The van der Waals surface area contributed by atoms with Gasteiger partial charge in [0.2, 0.25) is 0 Å². The van der Waals surface area contributed by atoms with E-state index in [9.17, 15) is 9.18 Å². The number of aromatic nitrogens is 2. The van der Waals surface area contributed by atoms with Gasteiger partial charge in [0.05, 0.1) is 11.3 Å². The van der Waals surface area contributed by atoms with Gasteiger partial charge in [0, 0.05) is 30.1 Å². The van der Waals surface area contributed by atoms with E-state index in [1.54, 1.807) is 6.07 Å². The molecule has 1 amide bonds. The highest BCUT2D eigenvalue weighted by molar-refractivity contribution is 6.03. The van der Waals surface area contributed by atoms with Crippen LogP contribution in [0.2, 0.25) is 0 Å². The van der Waals surface area contributed by atoms with Gasteiger partial charge in [0.1, 0.15) is 29.6 Å². The molecule has 1 saturated heterocycles. The molecule has 1 aromatic carbocycles. The van der Waals surface area contributed by atoms with E-state index in [1.165, 1.54) is 25.1 Å². The summed E-state index contributed by atoms with van der Waals surface area (Å²) in [7, 11) is 0. The fraction of sp³-hybridized carbons (Fsp3) is 0.348. The standard InChI is InChI=1S/C23H25FN4O3/c1-15-22(16(2)31-27-15)19-14-18(26-23(29)20-13-17(24)7-8-25-20)5-6-21(19)30-12-11-28-9-3-4-10-28/h5-8,13-14H,3-4,9-12H2,1-2H3,(H,26,29). The number of carbonyl (C=O) groups excluding carboxylic acids is 1. The first kappa shape index (κ1) is 21.0. The van der Waals surface area contributed by atoms with Gasteiger partial charge in [0.15, 0.2) is 0 Å². The number of nitrogens with one attached hydrogen (secondary N) is 1. The van der Waals surface area contributed by atoms with Crippen molar-refractivity contribution in [2.75, 3.05) is 31.6 Å². The Balaban J connectivity index is 1.57. The number of benzene rings is 1. The van der Waals surface area contributed by atoms with Crippen LogP contribution >= 0.6 is 0 Å². The molecule has 3 aromatic rings. The molecular formula is C23H25FN4O3. The van der Waals surface area contributed by atoms with E-state index in [1.807, 2.05) is 26.0 Å². The monoisotopic (exact) mass is 424 g/mol. The summed E-state index contributed by atoms with van der Waals surface area (Å²) in [5, 5.41) is 6.82. The zero-order valence-electron chi connectivity index (χ0n) is 17.7. The summed E-state index contributed by atoms with van der Waals surface area (Å²) in [5.74, 6) is 0.345. The average molecular weight is 424 g/mol. The molecule has 8 heteroatoms. The van der Waals surface area contributed by atoms with Gasteiger partial charge in [0.25, 0.3) is 5.91 Å². The Bertz CT molecular complexity index is 1060. The Morgan fingerprint density at radius 3 is 2.74 bits per heavy atom. The molecule has 0 saturated carbocycles. The van der Waals surface area contributed by atoms with Gasteiger partial charge in [-0.25, -0.2) is 4.39 Å². The molecule has 31 heavy (non-hydrogen) atoms. The minimum absolute atomic E-state index is 0.00447. The van der Waals surface area contributed by atoms with Crippen molar-refractivity contribution in [1.29, 1.82) is 0 Å². The third-order valence-electron chi connectivity index (χ3n) is 5.36. The second-order valence-electron chi connectivity index (χ2n) is 7.62. The van der Waals surface area contributed by atoms with E-state index in [4.69, 9.17) is 9.26 Å². The van der Waals surface area contributed by atoms with Crippen LogP contribution in [0, 0.1) is 19.7 Å². The van der Waals surface area contributed by atoms with Crippen molar-refractivity contribution in [2.24, 2.45) is 0 Å². The molecule has 0 aliphatic carbocycles. The van der Waals surface area contributed by atoms with Crippen molar-refractivity contribution in [2.45, 2.75) is 26.7 Å². The molecule has 2 aromatic heterocycles. The smallest absolute Gasteiger partial charge is 0.274 e. The maximum atomic E-state index is 13.4. The second-order valence-corrected chi connectivity index (χ2v) is 7.62. The van der Waals surface area contributed by atoms with Crippen LogP contribution < -0.4 is 10.1 Å². The molecule has 0 radical (unpaired) electrons. The van der Waals surface area contributed by atoms with Crippen molar-refractivity contribution in [1.82, 2.24) is 15.0 Å². The summed E-state index contributed by atoms with van der Waals surface area (Å²) in [6, 6.07) is 7.68. The van der Waals surface area contributed by atoms with Crippen LogP contribution in [0.4, 0.5) is 10.1 Å². The molecule has 0 bridgehead atoms. The van der Waals surface area contributed by atoms with Crippen molar-refractivity contribution < 1.29 is 18.4 Å². The third-order valence-corrected chi connectivity index (χ3v) is 5.36. The SMILES string of the molecule is Cc1noc(C)c1-c1cc(NC(=O)c2cc(F)ccn2)ccc1OCCN1CCCC1. The third kappa shape index (κ3) is 4.91. The number of carbonyl (C=O) groups is 1. The van der Waals surface area contributed by atoms with Crippen LogP contribution in [0.15, 0.2) is 41.1 Å². The summed E-state index contributed by atoms with van der Waals surface area (Å²) in [4.78, 5) is 18.8. The minimum Gasteiger partial charge on any atom is -0.492 e. The van der Waals surface area contributed by atoms with Gasteiger partial charge in [-0.15, -0.1) is 0 Å². The number of hydrogen-bond donors (Lipinski definition) is 1. The van der Waals surface area contributed by atoms with Crippen molar-refractivity contribution >= 4 is 11.6 Å². The van der Waals surface area contributed by atoms with Crippen LogP contribution in [0.25, 0.3) is 11.1 Å². The summed E-state index contributed by atoms with van der Waals surface area (Å²) < 4.78 is 24.9. The van der Waals surface area contributed by atoms with Gasteiger partial charge in [-0.2, -0.15) is 0 Å². The van der Waals surface area contributed by atoms with Gasteiger partial charge < -0.3 is 14.6 Å². The first-order valence-corrected chi connectivity index (χ1v) is 10.4. The number of amides is 1. The Morgan fingerprint density at radius 1 is 1.23 bits per heavy atom. The predicted octanol–water partition coefficient (Wildman–Crippen LogP) is 4.22. The van der Waals surface area contributed by atoms with Crippen LogP contribution in [-0.2, 0) is 0 Å². The second kappa shape index (κ2) is 9.26. The lowest BCUT2D eigenvalue weighted by molar-refractivity contribution is 0.102. The maximum absolute atomic E-state index is 13.4. The van der Waals surface area contributed by atoms with E-state index in [0.717, 1.165) is 42.5 Å². The zero-order chi connectivity index (χ0) is 21.8. The molecular weight excluding hydrogens is 399 g/mol. The number of anilines is 1. The zero-order valence-corrected chi connectivity index (χ0v) is 17.7. The van der Waals surface area contributed by atoms with Crippen LogP contribution in [-0.4, -0.2) is 47.2 Å². The van der Waals surface area contributed by atoms with Crippen LogP contribution in [0.5, 0.6) is 5.75 Å². The lowest BCUT2D eigenvalue weighted by Gasteiger charge is -2.17. The summed E-state index contributed by atoms with van der Waals surface area (Å²) in [6.07, 6.45) is 3.73. The van der Waals surface area contributed by atoms with E-state index in [0.29, 0.717) is 23.8 Å². The molecule has 1 aliphatic heterocycles. The molecule has 162 valence electrons. The van der Waals surface area contributed by atoms with Crippen LogP contribution in [0.1, 0.15) is 34.8 Å². The molecule has 0 atom stereocenters. The van der Waals surface area contributed by atoms with Crippen molar-refractivity contribution in [3.8, 4) is 16.9 Å². The quantitative estimate of drug-likeness (QED) is 0.612. The van der Waals surface area contributed by atoms with E-state index in [2.05, 4.69) is 20.4 Å². The normalized spacial score (nSPS) is 14.0. The van der Waals surface area contributed by atoms with Gasteiger partial charge >= 0.3 is 0 Å². The lowest BCUT2D eigenvalue weighted by atomic mass is 10.0. The Labute approximate surface area is 180 Å². The molecule has 0 spiro atoms. The average Bonchev–Trinajstić information content (AvgIpc) is 3.38. The Kier molecular flexibility index (Phi) is 6.27.